The molecule has 0 saturated carbocycles. The van der Waals surface area contributed by atoms with E-state index in [9.17, 15) is 4.79 Å². The topological polar surface area (TPSA) is 41.6 Å². The molecule has 0 radical (unpaired) electrons. The molecule has 1 N–H and O–H groups in total. The van der Waals surface area contributed by atoms with Crippen molar-refractivity contribution in [2.24, 2.45) is 0 Å². The molecule has 0 aliphatic heterocycles. The van der Waals surface area contributed by atoms with Gasteiger partial charge in [0.1, 0.15) is 6.61 Å². The van der Waals surface area contributed by atoms with Gasteiger partial charge in [0.05, 0.1) is 0 Å². The lowest BCUT2D eigenvalue weighted by Crippen LogP contribution is -2.28. The molecule has 0 spiro atoms. The Kier molecular flexibility index (Phi) is 6.63. The predicted molar refractivity (Wildman–Crippen MR) is 94.6 cm³/mol. The van der Waals surface area contributed by atoms with Crippen LogP contribution in [0, 0.1) is 0 Å². The summed E-state index contributed by atoms with van der Waals surface area (Å²) in [6.07, 6.45) is -0.412. The van der Waals surface area contributed by atoms with E-state index >= 15 is 0 Å². The van der Waals surface area contributed by atoms with Crippen LogP contribution < -0.4 is 5.32 Å². The molecule has 2 aromatic carbocycles. The Morgan fingerprint density at radius 3 is 2.17 bits per heavy atom. The van der Waals surface area contributed by atoms with Crippen molar-refractivity contribution in [3.63, 3.8) is 0 Å². The Bertz CT molecular complexity index is 593. The molecule has 0 fully saturated rings. The summed E-state index contributed by atoms with van der Waals surface area (Å²) in [5.41, 5.74) is 3.00. The Labute approximate surface area is 138 Å². The summed E-state index contributed by atoms with van der Waals surface area (Å²) in [4.78, 5) is 14.0. The minimum Gasteiger partial charge on any atom is -0.448 e. The quantitative estimate of drug-likeness (QED) is 0.831. The molecule has 1 amide bonds. The first-order valence-corrected chi connectivity index (χ1v) is 8.04. The van der Waals surface area contributed by atoms with Gasteiger partial charge in [-0.25, -0.2) is 4.79 Å². The molecule has 0 bridgehead atoms. The standard InChI is InChI=1S/C19H24N2O2/c1-3-21(4-2)14-15-23-19(22)20-18-12-10-17(11-13-18)16-8-6-5-7-9-16/h5-13H,3-4,14-15H2,1-2H3,(H,20,22). The van der Waals surface area contributed by atoms with Gasteiger partial charge in [-0.1, -0.05) is 56.3 Å². The maximum absolute atomic E-state index is 11.8. The van der Waals surface area contributed by atoms with E-state index in [1.54, 1.807) is 0 Å². The number of amides is 1. The SMILES string of the molecule is CCN(CC)CCOC(=O)Nc1ccc(-c2ccccc2)cc1. The lowest BCUT2D eigenvalue weighted by molar-refractivity contribution is 0.142. The van der Waals surface area contributed by atoms with Gasteiger partial charge in [-0.3, -0.25) is 5.32 Å². The first-order valence-electron chi connectivity index (χ1n) is 8.04. The highest BCUT2D eigenvalue weighted by molar-refractivity contribution is 5.85. The van der Waals surface area contributed by atoms with Crippen molar-refractivity contribution in [2.45, 2.75) is 13.8 Å². The molecule has 2 aromatic rings. The summed E-state index contributed by atoms with van der Waals surface area (Å²) in [6, 6.07) is 17.9. The number of carbonyl (C=O) groups excluding carboxylic acids is 1. The highest BCUT2D eigenvalue weighted by Crippen LogP contribution is 2.20. The molecule has 122 valence electrons. The largest absolute Gasteiger partial charge is 0.448 e. The zero-order chi connectivity index (χ0) is 16.5. The maximum atomic E-state index is 11.8. The second-order valence-corrected chi connectivity index (χ2v) is 5.23. The molecule has 23 heavy (non-hydrogen) atoms. The van der Waals surface area contributed by atoms with Crippen molar-refractivity contribution in [2.75, 3.05) is 31.6 Å². The van der Waals surface area contributed by atoms with Gasteiger partial charge in [0.15, 0.2) is 0 Å². The zero-order valence-electron chi connectivity index (χ0n) is 13.8. The van der Waals surface area contributed by atoms with E-state index < -0.39 is 6.09 Å². The first-order chi connectivity index (χ1) is 11.2. The summed E-state index contributed by atoms with van der Waals surface area (Å²) in [6.45, 7) is 7.27. The lowest BCUT2D eigenvalue weighted by Gasteiger charge is -2.17. The van der Waals surface area contributed by atoms with Crippen molar-refractivity contribution < 1.29 is 9.53 Å². The highest BCUT2D eigenvalue weighted by atomic mass is 16.5. The van der Waals surface area contributed by atoms with Crippen molar-refractivity contribution in [1.29, 1.82) is 0 Å². The molecule has 0 heterocycles. The minimum absolute atomic E-state index is 0.398. The van der Waals surface area contributed by atoms with Gasteiger partial charge in [-0.15, -0.1) is 0 Å². The Morgan fingerprint density at radius 2 is 1.57 bits per heavy atom. The molecule has 2 rings (SSSR count). The van der Waals surface area contributed by atoms with Crippen LogP contribution in [0.25, 0.3) is 11.1 Å². The molecule has 4 nitrogen and oxygen atoms in total. The van der Waals surface area contributed by atoms with Crippen molar-refractivity contribution in [1.82, 2.24) is 4.90 Å². The summed E-state index contributed by atoms with van der Waals surface area (Å²) < 4.78 is 5.20. The van der Waals surface area contributed by atoms with Gasteiger partial charge in [0.25, 0.3) is 0 Å². The fourth-order valence-corrected chi connectivity index (χ4v) is 2.34. The van der Waals surface area contributed by atoms with E-state index in [4.69, 9.17) is 4.74 Å². The van der Waals surface area contributed by atoms with Crippen LogP contribution in [0.15, 0.2) is 54.6 Å². The summed E-state index contributed by atoms with van der Waals surface area (Å²) in [5, 5.41) is 2.75. The zero-order valence-corrected chi connectivity index (χ0v) is 13.8. The van der Waals surface area contributed by atoms with Crippen LogP contribution in [0.5, 0.6) is 0 Å². The third kappa shape index (κ3) is 5.42. The molecular formula is C19H24N2O2. The number of benzene rings is 2. The number of carbonyl (C=O) groups is 1. The number of anilines is 1. The van der Waals surface area contributed by atoms with E-state index in [1.807, 2.05) is 42.5 Å². The fraction of sp³-hybridized carbons (Fsp3) is 0.316. The molecular weight excluding hydrogens is 288 g/mol. The first kappa shape index (κ1) is 17.0. The molecule has 0 aromatic heterocycles. The molecule has 0 aliphatic carbocycles. The van der Waals surface area contributed by atoms with Gasteiger partial charge in [0.2, 0.25) is 0 Å². The van der Waals surface area contributed by atoms with Crippen LogP contribution in [0.1, 0.15) is 13.8 Å². The fourth-order valence-electron chi connectivity index (χ4n) is 2.34. The monoisotopic (exact) mass is 312 g/mol. The van der Waals surface area contributed by atoms with Crippen molar-refractivity contribution >= 4 is 11.8 Å². The van der Waals surface area contributed by atoms with E-state index in [2.05, 4.69) is 36.2 Å². The molecule has 0 aliphatic rings. The van der Waals surface area contributed by atoms with Crippen LogP contribution >= 0.6 is 0 Å². The summed E-state index contributed by atoms with van der Waals surface area (Å²) >= 11 is 0. The number of nitrogens with one attached hydrogen (secondary N) is 1. The third-order valence-corrected chi connectivity index (χ3v) is 3.77. The Balaban J connectivity index is 1.82. The second-order valence-electron chi connectivity index (χ2n) is 5.23. The van der Waals surface area contributed by atoms with Gasteiger partial charge >= 0.3 is 6.09 Å². The van der Waals surface area contributed by atoms with Gasteiger partial charge in [-0.05, 0) is 36.3 Å². The molecule has 0 atom stereocenters. The number of ether oxygens (including phenoxy) is 1. The van der Waals surface area contributed by atoms with Crippen molar-refractivity contribution in [3.05, 3.63) is 54.6 Å². The highest BCUT2D eigenvalue weighted by Gasteiger charge is 2.05. The van der Waals surface area contributed by atoms with Crippen LogP contribution in [0.4, 0.5) is 10.5 Å². The van der Waals surface area contributed by atoms with Crippen LogP contribution in [0.3, 0.4) is 0 Å². The number of rotatable bonds is 7. The van der Waals surface area contributed by atoms with E-state index in [-0.39, 0.29) is 0 Å². The average molecular weight is 312 g/mol. The van der Waals surface area contributed by atoms with Crippen LogP contribution in [0.2, 0.25) is 0 Å². The van der Waals surface area contributed by atoms with Crippen LogP contribution in [-0.4, -0.2) is 37.2 Å². The number of hydrogen-bond donors (Lipinski definition) is 1. The van der Waals surface area contributed by atoms with Gasteiger partial charge < -0.3 is 9.64 Å². The molecule has 0 saturated heterocycles. The Hall–Kier alpha value is -2.33. The predicted octanol–water partition coefficient (Wildman–Crippen LogP) is 4.24. The smallest absolute Gasteiger partial charge is 0.411 e. The summed E-state index contributed by atoms with van der Waals surface area (Å²) in [7, 11) is 0. The second kappa shape index (κ2) is 8.96. The molecule has 0 unspecified atom stereocenters. The average Bonchev–Trinajstić information content (AvgIpc) is 2.60. The number of hydrogen-bond acceptors (Lipinski definition) is 3. The third-order valence-electron chi connectivity index (χ3n) is 3.77. The Morgan fingerprint density at radius 1 is 0.957 bits per heavy atom. The summed E-state index contributed by atoms with van der Waals surface area (Å²) in [5.74, 6) is 0. The van der Waals surface area contributed by atoms with E-state index in [0.717, 1.165) is 36.4 Å². The minimum atomic E-state index is -0.412. The van der Waals surface area contributed by atoms with Gasteiger partial charge in [0, 0.05) is 12.2 Å². The maximum Gasteiger partial charge on any atom is 0.411 e. The van der Waals surface area contributed by atoms with Crippen LogP contribution in [-0.2, 0) is 4.74 Å². The normalized spacial score (nSPS) is 10.6. The molecule has 4 heteroatoms. The number of likely N-dealkylation sites (N-methyl/N-ethyl adjacent to an activating group) is 1. The lowest BCUT2D eigenvalue weighted by atomic mass is 10.1. The van der Waals surface area contributed by atoms with E-state index in [1.165, 1.54) is 0 Å². The van der Waals surface area contributed by atoms with Gasteiger partial charge in [-0.2, -0.15) is 0 Å². The van der Waals surface area contributed by atoms with E-state index in [0.29, 0.717) is 6.61 Å². The van der Waals surface area contributed by atoms with Crippen molar-refractivity contribution in [3.8, 4) is 11.1 Å². The number of nitrogens with zero attached hydrogens (tertiary/aromatic N) is 1.